The fraction of sp³-hybridized carbons (Fsp3) is 0.875. The first kappa shape index (κ1) is 19.2. The van der Waals surface area contributed by atoms with E-state index in [1.54, 1.807) is 4.68 Å². The molecular formula is C16H29N5O2S. The number of aromatic nitrogens is 4. The van der Waals surface area contributed by atoms with Crippen molar-refractivity contribution in [3.05, 3.63) is 0 Å². The van der Waals surface area contributed by atoms with Crippen LogP contribution in [0, 0.1) is 5.92 Å². The number of carbonyl (C=O) groups excluding carboxylic acids is 1. The second-order valence-corrected chi connectivity index (χ2v) is 7.80. The summed E-state index contributed by atoms with van der Waals surface area (Å²) in [6.07, 6.45) is 5.68. The van der Waals surface area contributed by atoms with Gasteiger partial charge in [-0.1, -0.05) is 38.5 Å². The number of carbonyl (C=O) groups is 1. The van der Waals surface area contributed by atoms with Crippen LogP contribution in [0.5, 0.6) is 0 Å². The summed E-state index contributed by atoms with van der Waals surface area (Å²) in [6, 6.07) is 0.208. The average molecular weight is 356 g/mol. The van der Waals surface area contributed by atoms with Gasteiger partial charge in [0.2, 0.25) is 11.1 Å². The molecule has 0 saturated carbocycles. The predicted octanol–water partition coefficient (Wildman–Crippen LogP) is 2.28. The molecule has 0 aromatic carbocycles. The monoisotopic (exact) mass is 355 g/mol. The van der Waals surface area contributed by atoms with E-state index in [2.05, 4.69) is 41.6 Å². The summed E-state index contributed by atoms with van der Waals surface area (Å²) in [5, 5.41) is 15.4. The van der Waals surface area contributed by atoms with Crippen molar-refractivity contribution in [2.75, 3.05) is 12.4 Å². The second kappa shape index (κ2) is 9.98. The molecule has 1 aliphatic rings. The van der Waals surface area contributed by atoms with Gasteiger partial charge in [0, 0.05) is 12.6 Å². The van der Waals surface area contributed by atoms with Crippen molar-refractivity contribution in [1.82, 2.24) is 25.5 Å². The predicted molar refractivity (Wildman–Crippen MR) is 93.8 cm³/mol. The van der Waals surface area contributed by atoms with Crippen molar-refractivity contribution in [3.63, 3.8) is 0 Å². The zero-order chi connectivity index (χ0) is 17.4. The lowest BCUT2D eigenvalue weighted by atomic mass is 10.0. The number of nitrogens with zero attached hydrogens (tertiary/aromatic N) is 4. The van der Waals surface area contributed by atoms with Crippen molar-refractivity contribution in [1.29, 1.82) is 0 Å². The summed E-state index contributed by atoms with van der Waals surface area (Å²) in [7, 11) is 0. The molecule has 136 valence electrons. The molecule has 1 saturated heterocycles. The Kier molecular flexibility index (Phi) is 7.98. The van der Waals surface area contributed by atoms with Crippen molar-refractivity contribution < 1.29 is 9.53 Å². The molecule has 24 heavy (non-hydrogen) atoms. The maximum Gasteiger partial charge on any atom is 0.230 e. The summed E-state index contributed by atoms with van der Waals surface area (Å²) >= 11 is 1.38. The number of thioether (sulfide) groups is 1. The topological polar surface area (TPSA) is 81.9 Å². The van der Waals surface area contributed by atoms with Crippen LogP contribution in [0.4, 0.5) is 0 Å². The molecule has 1 amide bonds. The van der Waals surface area contributed by atoms with E-state index >= 15 is 0 Å². The van der Waals surface area contributed by atoms with Gasteiger partial charge in [0.25, 0.3) is 0 Å². The molecule has 1 aromatic rings. The average Bonchev–Trinajstić information content (AvgIpc) is 3.17. The molecule has 0 spiro atoms. The van der Waals surface area contributed by atoms with Crippen LogP contribution in [0.2, 0.25) is 0 Å². The van der Waals surface area contributed by atoms with E-state index in [9.17, 15) is 4.79 Å². The molecule has 2 rings (SSSR count). The van der Waals surface area contributed by atoms with Gasteiger partial charge >= 0.3 is 0 Å². The van der Waals surface area contributed by atoms with Crippen LogP contribution in [0.25, 0.3) is 0 Å². The molecule has 7 nitrogen and oxygen atoms in total. The summed E-state index contributed by atoms with van der Waals surface area (Å²) in [5.41, 5.74) is 0. The van der Waals surface area contributed by atoms with E-state index in [1.165, 1.54) is 18.2 Å². The molecule has 0 radical (unpaired) electrons. The summed E-state index contributed by atoms with van der Waals surface area (Å²) in [5.74, 6) is 1.08. The highest BCUT2D eigenvalue weighted by molar-refractivity contribution is 7.99. The third-order valence-corrected chi connectivity index (χ3v) is 5.02. The molecular weight excluding hydrogens is 326 g/mol. The highest BCUT2D eigenvalue weighted by Crippen LogP contribution is 2.18. The lowest BCUT2D eigenvalue weighted by Gasteiger charge is -2.14. The Labute approximate surface area is 148 Å². The van der Waals surface area contributed by atoms with Gasteiger partial charge in [0.05, 0.1) is 18.4 Å². The third kappa shape index (κ3) is 6.76. The van der Waals surface area contributed by atoms with Gasteiger partial charge in [0.1, 0.15) is 0 Å². The van der Waals surface area contributed by atoms with E-state index in [0.29, 0.717) is 23.4 Å². The molecule has 1 aromatic heterocycles. The van der Waals surface area contributed by atoms with E-state index in [1.807, 2.05) is 0 Å². The normalized spacial score (nSPS) is 18.9. The van der Waals surface area contributed by atoms with Crippen molar-refractivity contribution in [2.45, 2.75) is 76.7 Å². The number of ether oxygens (including phenoxy) is 1. The molecule has 2 heterocycles. The quantitative estimate of drug-likeness (QED) is 0.649. The SMILES string of the molecule is CC(C)CCCC(C)NC(=O)CSc1nnnn1CC1CCCO1. The lowest BCUT2D eigenvalue weighted by molar-refractivity contribution is -0.119. The molecule has 1 N–H and O–H groups in total. The summed E-state index contributed by atoms with van der Waals surface area (Å²) in [6.45, 7) is 7.97. The van der Waals surface area contributed by atoms with Crippen LogP contribution in [-0.4, -0.2) is 50.6 Å². The number of nitrogens with one attached hydrogen (secondary N) is 1. The van der Waals surface area contributed by atoms with E-state index in [0.717, 1.165) is 32.3 Å². The van der Waals surface area contributed by atoms with Crippen molar-refractivity contribution in [2.24, 2.45) is 5.92 Å². The Morgan fingerprint density at radius 2 is 2.25 bits per heavy atom. The van der Waals surface area contributed by atoms with Crippen LogP contribution in [0.1, 0.15) is 52.9 Å². The highest BCUT2D eigenvalue weighted by atomic mass is 32.2. The lowest BCUT2D eigenvalue weighted by Crippen LogP contribution is -2.33. The number of rotatable bonds is 10. The zero-order valence-corrected chi connectivity index (χ0v) is 15.7. The van der Waals surface area contributed by atoms with Gasteiger partial charge < -0.3 is 10.1 Å². The maximum absolute atomic E-state index is 12.1. The van der Waals surface area contributed by atoms with Crippen LogP contribution in [-0.2, 0) is 16.1 Å². The number of hydrogen-bond donors (Lipinski definition) is 1. The smallest absolute Gasteiger partial charge is 0.230 e. The third-order valence-electron chi connectivity index (χ3n) is 4.06. The first-order valence-electron chi connectivity index (χ1n) is 8.84. The summed E-state index contributed by atoms with van der Waals surface area (Å²) in [4.78, 5) is 12.1. The van der Waals surface area contributed by atoms with Gasteiger partial charge in [0.15, 0.2) is 0 Å². The fourth-order valence-corrected chi connectivity index (χ4v) is 3.44. The number of tetrazole rings is 1. The fourth-order valence-electron chi connectivity index (χ4n) is 2.75. The minimum atomic E-state index is 0.0312. The van der Waals surface area contributed by atoms with Crippen LogP contribution in [0.15, 0.2) is 5.16 Å². The Hall–Kier alpha value is -1.15. The Morgan fingerprint density at radius 1 is 1.42 bits per heavy atom. The first-order chi connectivity index (χ1) is 11.5. The Morgan fingerprint density at radius 3 is 2.96 bits per heavy atom. The van der Waals surface area contributed by atoms with Crippen LogP contribution < -0.4 is 5.32 Å². The van der Waals surface area contributed by atoms with Crippen LogP contribution >= 0.6 is 11.8 Å². The second-order valence-electron chi connectivity index (χ2n) is 6.86. The maximum atomic E-state index is 12.1. The van der Waals surface area contributed by atoms with Gasteiger partial charge in [-0.15, -0.1) is 5.10 Å². The number of hydrogen-bond acceptors (Lipinski definition) is 6. The highest BCUT2D eigenvalue weighted by Gasteiger charge is 2.19. The largest absolute Gasteiger partial charge is 0.376 e. The van der Waals surface area contributed by atoms with Crippen molar-refractivity contribution in [3.8, 4) is 0 Å². The minimum absolute atomic E-state index is 0.0312. The first-order valence-corrected chi connectivity index (χ1v) is 9.83. The molecule has 0 aliphatic carbocycles. The van der Waals surface area contributed by atoms with Gasteiger partial charge in [-0.3, -0.25) is 4.79 Å². The Bertz CT molecular complexity index is 502. The van der Waals surface area contributed by atoms with E-state index in [4.69, 9.17) is 4.74 Å². The van der Waals surface area contributed by atoms with Gasteiger partial charge in [-0.05, 0) is 42.5 Å². The molecule has 8 heteroatoms. The van der Waals surface area contributed by atoms with Crippen molar-refractivity contribution >= 4 is 17.7 Å². The molecule has 0 bridgehead atoms. The number of amides is 1. The molecule has 2 atom stereocenters. The van der Waals surface area contributed by atoms with Gasteiger partial charge in [-0.2, -0.15) is 0 Å². The molecule has 1 fully saturated rings. The van der Waals surface area contributed by atoms with Crippen LogP contribution in [0.3, 0.4) is 0 Å². The zero-order valence-electron chi connectivity index (χ0n) is 14.9. The summed E-state index contributed by atoms with van der Waals surface area (Å²) < 4.78 is 7.34. The molecule has 2 unspecified atom stereocenters. The van der Waals surface area contributed by atoms with E-state index < -0.39 is 0 Å². The van der Waals surface area contributed by atoms with E-state index in [-0.39, 0.29) is 18.1 Å². The minimum Gasteiger partial charge on any atom is -0.376 e. The standard InChI is InChI=1S/C16H29N5O2S/c1-12(2)6-4-7-13(3)17-15(22)11-24-16-18-19-20-21(16)10-14-8-5-9-23-14/h12-14H,4-11H2,1-3H3,(H,17,22). The van der Waals surface area contributed by atoms with Gasteiger partial charge in [-0.25, -0.2) is 4.68 Å². The Balaban J connectivity index is 1.69. The molecule has 1 aliphatic heterocycles.